The number of carbonyl (C=O) groups excluding carboxylic acids is 1. The average molecular weight is 339 g/mol. The van der Waals surface area contributed by atoms with Crippen LogP contribution in [-0.4, -0.2) is 41.2 Å². The van der Waals surface area contributed by atoms with Gasteiger partial charge in [-0.1, -0.05) is 17.7 Å². The van der Waals surface area contributed by atoms with Gasteiger partial charge in [0.05, 0.1) is 6.54 Å². The van der Waals surface area contributed by atoms with Crippen LogP contribution < -0.4 is 4.74 Å². The third-order valence-electron chi connectivity index (χ3n) is 3.87. The van der Waals surface area contributed by atoms with Crippen molar-refractivity contribution in [2.45, 2.75) is 13.8 Å². The number of H-pyrrole nitrogens is 1. The van der Waals surface area contributed by atoms with Crippen LogP contribution in [0.1, 0.15) is 21.8 Å². The summed E-state index contributed by atoms with van der Waals surface area (Å²) in [6.45, 7) is 4.78. The Morgan fingerprint density at radius 1 is 1.20 bits per heavy atom. The summed E-state index contributed by atoms with van der Waals surface area (Å²) in [6, 6.07) is 13.2. The van der Waals surface area contributed by atoms with Gasteiger partial charge in [0.15, 0.2) is 11.5 Å². The van der Waals surface area contributed by atoms with E-state index in [1.807, 2.05) is 50.2 Å². The van der Waals surface area contributed by atoms with E-state index in [-0.39, 0.29) is 5.91 Å². The van der Waals surface area contributed by atoms with Crippen LogP contribution >= 0.6 is 0 Å². The Bertz CT molecular complexity index is 849. The highest BCUT2D eigenvalue weighted by atomic mass is 16.5. The molecular weight excluding hydrogens is 318 g/mol. The fraction of sp³-hybridized carbons (Fsp3) is 0.263. The number of benzene rings is 1. The van der Waals surface area contributed by atoms with Crippen LogP contribution in [0.4, 0.5) is 0 Å². The number of likely N-dealkylation sites (N-methyl/N-ethyl adjacent to an activating group) is 1. The van der Waals surface area contributed by atoms with Crippen LogP contribution in [0.25, 0.3) is 11.5 Å². The van der Waals surface area contributed by atoms with Crippen LogP contribution in [0.2, 0.25) is 0 Å². The van der Waals surface area contributed by atoms with Gasteiger partial charge in [0, 0.05) is 13.1 Å². The highest BCUT2D eigenvalue weighted by Crippen LogP contribution is 2.20. The zero-order valence-corrected chi connectivity index (χ0v) is 14.6. The summed E-state index contributed by atoms with van der Waals surface area (Å²) >= 11 is 0. The van der Waals surface area contributed by atoms with E-state index in [2.05, 4.69) is 10.2 Å². The predicted molar refractivity (Wildman–Crippen MR) is 94.7 cm³/mol. The Morgan fingerprint density at radius 2 is 1.96 bits per heavy atom. The van der Waals surface area contributed by atoms with Crippen molar-refractivity contribution in [2.24, 2.45) is 0 Å². The van der Waals surface area contributed by atoms with Crippen molar-refractivity contribution in [3.63, 3.8) is 0 Å². The minimum absolute atomic E-state index is 0.168. The lowest BCUT2D eigenvalue weighted by atomic mass is 10.2. The third-order valence-corrected chi connectivity index (χ3v) is 3.87. The molecule has 1 N–H and O–H groups in total. The number of rotatable bonds is 6. The van der Waals surface area contributed by atoms with Gasteiger partial charge in [-0.2, -0.15) is 5.10 Å². The molecule has 2 heterocycles. The number of amides is 1. The first-order valence-electron chi connectivity index (χ1n) is 8.10. The molecule has 0 spiro atoms. The van der Waals surface area contributed by atoms with Crippen molar-refractivity contribution in [3.05, 3.63) is 59.5 Å². The molecule has 0 aliphatic carbocycles. The molecule has 0 aliphatic heterocycles. The van der Waals surface area contributed by atoms with E-state index >= 15 is 0 Å². The molecule has 0 bridgehead atoms. The first-order chi connectivity index (χ1) is 12.0. The lowest BCUT2D eigenvalue weighted by Gasteiger charge is -2.16. The summed E-state index contributed by atoms with van der Waals surface area (Å²) < 4.78 is 11.2. The van der Waals surface area contributed by atoms with Crippen molar-refractivity contribution in [2.75, 3.05) is 20.2 Å². The van der Waals surface area contributed by atoms with Crippen LogP contribution in [0, 0.1) is 13.8 Å². The van der Waals surface area contributed by atoms with Crippen LogP contribution in [0.15, 0.2) is 46.9 Å². The molecule has 0 radical (unpaired) electrons. The topological polar surface area (TPSA) is 71.4 Å². The highest BCUT2D eigenvalue weighted by molar-refractivity contribution is 5.93. The van der Waals surface area contributed by atoms with E-state index in [1.54, 1.807) is 18.0 Å². The zero-order valence-electron chi connectivity index (χ0n) is 14.6. The summed E-state index contributed by atoms with van der Waals surface area (Å²) in [7, 11) is 1.73. The largest absolute Gasteiger partial charge is 0.492 e. The summed E-state index contributed by atoms with van der Waals surface area (Å²) in [6.07, 6.45) is 0. The molecule has 2 aromatic heterocycles. The first kappa shape index (κ1) is 16.8. The van der Waals surface area contributed by atoms with Gasteiger partial charge in [0.25, 0.3) is 5.91 Å². The monoisotopic (exact) mass is 339 g/mol. The number of ether oxygens (including phenoxy) is 1. The van der Waals surface area contributed by atoms with E-state index in [9.17, 15) is 4.79 Å². The van der Waals surface area contributed by atoms with Gasteiger partial charge in [0.1, 0.15) is 23.8 Å². The number of hydrogen-bond acceptors (Lipinski definition) is 4. The molecule has 25 heavy (non-hydrogen) atoms. The predicted octanol–water partition coefficient (Wildman–Crippen LogP) is 3.44. The second-order valence-electron chi connectivity index (χ2n) is 5.97. The quantitative estimate of drug-likeness (QED) is 0.747. The van der Waals surface area contributed by atoms with Gasteiger partial charge in [-0.25, -0.2) is 0 Å². The van der Waals surface area contributed by atoms with E-state index in [0.29, 0.717) is 30.3 Å². The summed E-state index contributed by atoms with van der Waals surface area (Å²) in [5, 5.41) is 6.92. The fourth-order valence-electron chi connectivity index (χ4n) is 2.37. The number of aryl methyl sites for hydroxylation is 2. The molecule has 0 aliphatic rings. The Kier molecular flexibility index (Phi) is 4.88. The van der Waals surface area contributed by atoms with Crippen molar-refractivity contribution < 1.29 is 13.9 Å². The smallest absolute Gasteiger partial charge is 0.274 e. The SMILES string of the molecule is Cc1ccc(OCCN(C)C(=O)c2cc(-c3ccc(C)o3)[nH]n2)cc1. The van der Waals surface area contributed by atoms with Crippen molar-refractivity contribution >= 4 is 5.91 Å². The molecule has 130 valence electrons. The molecule has 0 unspecified atom stereocenters. The molecular formula is C19H21N3O3. The molecule has 0 fully saturated rings. The van der Waals surface area contributed by atoms with Crippen LogP contribution in [0.5, 0.6) is 5.75 Å². The minimum atomic E-state index is -0.168. The molecule has 3 rings (SSSR count). The second-order valence-corrected chi connectivity index (χ2v) is 5.97. The van der Waals surface area contributed by atoms with E-state index < -0.39 is 0 Å². The summed E-state index contributed by atoms with van der Waals surface area (Å²) in [5.74, 6) is 2.09. The maximum atomic E-state index is 12.4. The van der Waals surface area contributed by atoms with E-state index in [1.165, 1.54) is 5.56 Å². The Labute approximate surface area is 146 Å². The molecule has 1 aromatic carbocycles. The number of carbonyl (C=O) groups is 1. The molecule has 6 nitrogen and oxygen atoms in total. The number of furan rings is 1. The molecule has 1 amide bonds. The number of aromatic amines is 1. The minimum Gasteiger partial charge on any atom is -0.492 e. The molecule has 3 aromatic rings. The Balaban J connectivity index is 1.55. The molecule has 0 saturated heterocycles. The van der Waals surface area contributed by atoms with Crippen LogP contribution in [-0.2, 0) is 0 Å². The van der Waals surface area contributed by atoms with Crippen molar-refractivity contribution in [3.8, 4) is 17.2 Å². The van der Waals surface area contributed by atoms with E-state index in [0.717, 1.165) is 11.5 Å². The highest BCUT2D eigenvalue weighted by Gasteiger charge is 2.17. The third kappa shape index (κ3) is 4.09. The van der Waals surface area contributed by atoms with Gasteiger partial charge < -0.3 is 14.1 Å². The second kappa shape index (κ2) is 7.25. The average Bonchev–Trinajstić information content (AvgIpc) is 3.24. The van der Waals surface area contributed by atoms with Gasteiger partial charge in [-0.15, -0.1) is 0 Å². The lowest BCUT2D eigenvalue weighted by molar-refractivity contribution is 0.0768. The van der Waals surface area contributed by atoms with Crippen LogP contribution in [0.3, 0.4) is 0 Å². The number of hydrogen-bond donors (Lipinski definition) is 1. The number of nitrogens with zero attached hydrogens (tertiary/aromatic N) is 2. The van der Waals surface area contributed by atoms with Crippen molar-refractivity contribution in [1.29, 1.82) is 0 Å². The van der Waals surface area contributed by atoms with Gasteiger partial charge in [0.2, 0.25) is 0 Å². The maximum Gasteiger partial charge on any atom is 0.274 e. The normalized spacial score (nSPS) is 10.7. The lowest BCUT2D eigenvalue weighted by Crippen LogP contribution is -2.31. The first-order valence-corrected chi connectivity index (χ1v) is 8.10. The maximum absolute atomic E-state index is 12.4. The van der Waals surface area contributed by atoms with Crippen molar-refractivity contribution in [1.82, 2.24) is 15.1 Å². The fourth-order valence-corrected chi connectivity index (χ4v) is 2.37. The van der Waals surface area contributed by atoms with Gasteiger partial charge in [-0.05, 0) is 38.1 Å². The molecule has 0 saturated carbocycles. The Morgan fingerprint density at radius 3 is 2.64 bits per heavy atom. The Hall–Kier alpha value is -3.02. The summed E-state index contributed by atoms with van der Waals surface area (Å²) in [4.78, 5) is 14.0. The number of nitrogens with one attached hydrogen (secondary N) is 1. The standard InChI is InChI=1S/C19H21N3O3/c1-13-4-7-15(8-5-13)24-11-10-22(3)19(23)17-12-16(20-21-17)18-9-6-14(2)25-18/h4-9,12H,10-11H2,1-3H3,(H,20,21). The molecule has 6 heteroatoms. The summed E-state index contributed by atoms with van der Waals surface area (Å²) in [5.41, 5.74) is 2.21. The van der Waals surface area contributed by atoms with Gasteiger partial charge in [-0.3, -0.25) is 9.89 Å². The molecule has 0 atom stereocenters. The van der Waals surface area contributed by atoms with Gasteiger partial charge >= 0.3 is 0 Å². The zero-order chi connectivity index (χ0) is 17.8. The number of aromatic nitrogens is 2. The van der Waals surface area contributed by atoms with E-state index in [4.69, 9.17) is 9.15 Å².